The molecular weight excluding hydrogens is 388 g/mol. The van der Waals surface area contributed by atoms with Crippen LogP contribution in [0.1, 0.15) is 23.9 Å². The molecule has 152 valence electrons. The Labute approximate surface area is 174 Å². The lowest BCUT2D eigenvalue weighted by molar-refractivity contribution is -0.117. The van der Waals surface area contributed by atoms with Gasteiger partial charge in [0.15, 0.2) is 23.0 Å². The van der Waals surface area contributed by atoms with Gasteiger partial charge in [-0.05, 0) is 54.3 Å². The molecule has 0 aliphatic heterocycles. The molecule has 1 aromatic carbocycles. The van der Waals surface area contributed by atoms with E-state index in [1.165, 1.54) is 6.08 Å². The van der Waals surface area contributed by atoms with Crippen molar-refractivity contribution >= 4 is 29.4 Å². The van der Waals surface area contributed by atoms with Crippen molar-refractivity contribution in [3.8, 4) is 11.5 Å². The normalized spacial score (nSPS) is 12.2. The van der Waals surface area contributed by atoms with E-state index in [4.69, 9.17) is 9.47 Å². The molecule has 1 atom stereocenters. The molecule has 7 nitrogen and oxygen atoms in total. The Bertz CT molecular complexity index is 1000. The zero-order chi connectivity index (χ0) is 20.6. The van der Waals surface area contributed by atoms with E-state index >= 15 is 0 Å². The van der Waals surface area contributed by atoms with Gasteiger partial charge in [0.2, 0.25) is 5.91 Å². The van der Waals surface area contributed by atoms with Gasteiger partial charge in [0.1, 0.15) is 0 Å². The summed E-state index contributed by atoms with van der Waals surface area (Å²) in [6.45, 7) is 0. The summed E-state index contributed by atoms with van der Waals surface area (Å²) in [6, 6.07) is 11.0. The van der Waals surface area contributed by atoms with Crippen LogP contribution in [0.3, 0.4) is 0 Å². The van der Waals surface area contributed by atoms with Gasteiger partial charge in [0.25, 0.3) is 0 Å². The molecule has 8 heteroatoms. The molecule has 0 saturated heterocycles. The third kappa shape index (κ3) is 5.08. The van der Waals surface area contributed by atoms with Crippen LogP contribution in [-0.2, 0) is 4.79 Å². The topological polar surface area (TPSA) is 77.8 Å². The minimum absolute atomic E-state index is 0.196. The summed E-state index contributed by atoms with van der Waals surface area (Å²) in [4.78, 5) is 12.6. The molecule has 2 aromatic heterocycles. The third-order valence-corrected chi connectivity index (χ3v) is 5.06. The van der Waals surface area contributed by atoms with E-state index in [0.717, 1.165) is 29.2 Å². The van der Waals surface area contributed by atoms with Gasteiger partial charge < -0.3 is 14.8 Å². The average molecular weight is 413 g/mol. The molecule has 0 radical (unpaired) electrons. The molecule has 3 rings (SSSR count). The maximum absolute atomic E-state index is 12.6. The van der Waals surface area contributed by atoms with Crippen LogP contribution in [0, 0.1) is 0 Å². The van der Waals surface area contributed by atoms with Gasteiger partial charge in [0.05, 0.1) is 20.3 Å². The molecular formula is C21H24N4O3S. The fourth-order valence-electron chi connectivity index (χ4n) is 2.95. The number of thioether (sulfide) groups is 1. The highest BCUT2D eigenvalue weighted by molar-refractivity contribution is 7.98. The Morgan fingerprint density at radius 3 is 2.79 bits per heavy atom. The van der Waals surface area contributed by atoms with E-state index in [1.807, 2.05) is 47.2 Å². The number of methoxy groups -OCH3 is 2. The number of pyridine rings is 1. The van der Waals surface area contributed by atoms with Gasteiger partial charge in [-0.3, -0.25) is 9.20 Å². The molecule has 0 aliphatic carbocycles. The van der Waals surface area contributed by atoms with Crippen molar-refractivity contribution < 1.29 is 14.3 Å². The number of carbonyl (C=O) groups is 1. The number of ether oxygens (including phenoxy) is 2. The van der Waals surface area contributed by atoms with Crippen LogP contribution < -0.4 is 14.8 Å². The summed E-state index contributed by atoms with van der Waals surface area (Å²) in [5.41, 5.74) is 1.60. The summed E-state index contributed by atoms with van der Waals surface area (Å²) in [5, 5.41) is 11.5. The molecule has 1 unspecified atom stereocenters. The van der Waals surface area contributed by atoms with Crippen molar-refractivity contribution in [2.75, 3.05) is 26.2 Å². The molecule has 29 heavy (non-hydrogen) atoms. The predicted octanol–water partition coefficient (Wildman–Crippen LogP) is 3.37. The zero-order valence-electron chi connectivity index (χ0n) is 16.7. The Balaban J connectivity index is 1.76. The summed E-state index contributed by atoms with van der Waals surface area (Å²) in [6.07, 6.45) is 7.95. The van der Waals surface area contributed by atoms with E-state index in [2.05, 4.69) is 15.5 Å². The second kappa shape index (κ2) is 9.97. The van der Waals surface area contributed by atoms with E-state index in [-0.39, 0.29) is 11.9 Å². The number of nitrogens with zero attached hydrogens (tertiary/aromatic N) is 3. The van der Waals surface area contributed by atoms with Crippen molar-refractivity contribution in [1.29, 1.82) is 0 Å². The van der Waals surface area contributed by atoms with Crippen molar-refractivity contribution in [1.82, 2.24) is 19.9 Å². The lowest BCUT2D eigenvalue weighted by Crippen LogP contribution is -2.29. The zero-order valence-corrected chi connectivity index (χ0v) is 17.5. The highest BCUT2D eigenvalue weighted by Gasteiger charge is 2.19. The third-order valence-electron chi connectivity index (χ3n) is 4.41. The van der Waals surface area contributed by atoms with Gasteiger partial charge in [-0.15, -0.1) is 10.2 Å². The summed E-state index contributed by atoms with van der Waals surface area (Å²) < 4.78 is 12.4. The first-order valence-corrected chi connectivity index (χ1v) is 10.5. The smallest absolute Gasteiger partial charge is 0.244 e. The molecule has 0 spiro atoms. The maximum atomic E-state index is 12.6. The average Bonchev–Trinajstić information content (AvgIpc) is 3.19. The molecule has 0 fully saturated rings. The number of rotatable bonds is 9. The highest BCUT2D eigenvalue weighted by Crippen LogP contribution is 2.28. The van der Waals surface area contributed by atoms with Crippen LogP contribution in [0.15, 0.2) is 48.7 Å². The van der Waals surface area contributed by atoms with Crippen LogP contribution in [0.5, 0.6) is 11.5 Å². The molecule has 0 aliphatic rings. The quantitative estimate of drug-likeness (QED) is 0.543. The number of amides is 1. The van der Waals surface area contributed by atoms with Gasteiger partial charge in [-0.25, -0.2) is 0 Å². The van der Waals surface area contributed by atoms with Crippen molar-refractivity contribution in [3.05, 3.63) is 60.1 Å². The summed E-state index contributed by atoms with van der Waals surface area (Å²) >= 11 is 1.72. The fraction of sp³-hybridized carbons (Fsp3) is 0.286. The molecule has 0 saturated carbocycles. The molecule has 3 aromatic rings. The Hall–Kier alpha value is -3.00. The van der Waals surface area contributed by atoms with Crippen LogP contribution in [0.25, 0.3) is 11.7 Å². The number of aromatic nitrogens is 3. The summed E-state index contributed by atoms with van der Waals surface area (Å²) in [5.74, 6) is 2.68. The number of nitrogens with one attached hydrogen (secondary N) is 1. The SMILES string of the molecule is COc1ccc(/C=C/C(=O)NC(CCSC)c2nnc3ccccn23)cc1OC. The van der Waals surface area contributed by atoms with Gasteiger partial charge in [-0.2, -0.15) is 11.8 Å². The predicted molar refractivity (Wildman–Crippen MR) is 115 cm³/mol. The van der Waals surface area contributed by atoms with Crippen molar-refractivity contribution in [2.24, 2.45) is 0 Å². The van der Waals surface area contributed by atoms with Crippen LogP contribution in [0.4, 0.5) is 0 Å². The Morgan fingerprint density at radius 1 is 1.21 bits per heavy atom. The summed E-state index contributed by atoms with van der Waals surface area (Å²) in [7, 11) is 3.17. The number of benzene rings is 1. The molecule has 1 N–H and O–H groups in total. The highest BCUT2D eigenvalue weighted by atomic mass is 32.2. The molecule has 1 amide bonds. The van der Waals surface area contributed by atoms with Crippen LogP contribution >= 0.6 is 11.8 Å². The molecule has 0 bridgehead atoms. The van der Waals surface area contributed by atoms with E-state index in [0.29, 0.717) is 11.5 Å². The number of hydrogen-bond acceptors (Lipinski definition) is 6. The van der Waals surface area contributed by atoms with Crippen LogP contribution in [-0.4, -0.2) is 46.7 Å². The number of hydrogen-bond donors (Lipinski definition) is 1. The first kappa shape index (κ1) is 20.7. The largest absolute Gasteiger partial charge is 0.493 e. The van der Waals surface area contributed by atoms with E-state index in [9.17, 15) is 4.79 Å². The van der Waals surface area contributed by atoms with E-state index < -0.39 is 0 Å². The Kier molecular flexibility index (Phi) is 7.13. The first-order chi connectivity index (χ1) is 14.2. The van der Waals surface area contributed by atoms with Gasteiger partial charge >= 0.3 is 0 Å². The maximum Gasteiger partial charge on any atom is 0.244 e. The second-order valence-electron chi connectivity index (χ2n) is 6.28. The minimum atomic E-state index is -0.234. The molecule has 2 heterocycles. The number of fused-ring (bicyclic) bond motifs is 1. The minimum Gasteiger partial charge on any atom is -0.493 e. The fourth-order valence-corrected chi connectivity index (χ4v) is 3.42. The Morgan fingerprint density at radius 2 is 2.03 bits per heavy atom. The van der Waals surface area contributed by atoms with Gasteiger partial charge in [-0.1, -0.05) is 12.1 Å². The van der Waals surface area contributed by atoms with Crippen molar-refractivity contribution in [3.63, 3.8) is 0 Å². The van der Waals surface area contributed by atoms with E-state index in [1.54, 1.807) is 38.1 Å². The van der Waals surface area contributed by atoms with Crippen LogP contribution in [0.2, 0.25) is 0 Å². The number of carbonyl (C=O) groups excluding carboxylic acids is 1. The van der Waals surface area contributed by atoms with Gasteiger partial charge in [0, 0.05) is 12.3 Å². The first-order valence-electron chi connectivity index (χ1n) is 9.15. The standard InChI is InChI=1S/C21H24N4O3S/c1-27-17-9-7-15(14-18(17)28-2)8-10-20(26)22-16(11-13-29-3)21-24-23-19-6-4-5-12-25(19)21/h4-10,12,14,16H,11,13H2,1-3H3,(H,22,26)/b10-8+. The monoisotopic (exact) mass is 412 g/mol. The lowest BCUT2D eigenvalue weighted by Gasteiger charge is -2.16. The second-order valence-corrected chi connectivity index (χ2v) is 7.26. The lowest BCUT2D eigenvalue weighted by atomic mass is 10.1. The van der Waals surface area contributed by atoms with Crippen molar-refractivity contribution in [2.45, 2.75) is 12.5 Å².